The Labute approximate surface area is 380 Å². The summed E-state index contributed by atoms with van der Waals surface area (Å²) in [6, 6.07) is 76.6. The summed E-state index contributed by atoms with van der Waals surface area (Å²) >= 11 is 0. The van der Waals surface area contributed by atoms with Crippen LogP contribution in [0.4, 0.5) is 17.1 Å². The van der Waals surface area contributed by atoms with Gasteiger partial charge in [0.1, 0.15) is 0 Å². The molecule has 0 spiro atoms. The van der Waals surface area contributed by atoms with Crippen LogP contribution in [0.25, 0.3) is 77.5 Å². The fourth-order valence-corrected chi connectivity index (χ4v) is 11.5. The fraction of sp³-hybridized carbons (Fsp3) is 0.0968. The van der Waals surface area contributed by atoms with Crippen molar-refractivity contribution in [2.24, 2.45) is 0 Å². The van der Waals surface area contributed by atoms with Crippen molar-refractivity contribution >= 4 is 49.8 Å². The Balaban J connectivity index is 0.959. The Morgan fingerprint density at radius 2 is 0.892 bits per heavy atom. The van der Waals surface area contributed by atoms with Crippen LogP contribution in [0.1, 0.15) is 49.9 Å². The highest BCUT2D eigenvalue weighted by atomic mass is 15.1. The minimum Gasteiger partial charge on any atom is -0.315 e. The fourth-order valence-electron chi connectivity index (χ4n) is 11.5. The highest BCUT2D eigenvalue weighted by Crippen LogP contribution is 2.53. The van der Waals surface area contributed by atoms with E-state index in [0.29, 0.717) is 0 Å². The first-order valence-corrected chi connectivity index (χ1v) is 22.8. The SMILES string of the molecule is CC1(C)c2ccccc2-c2ccc(N(c3ccc(-c4ccc5c(c4)c4ccc6ccn(-c7ccccc7)c6c4n5-c4ccccc4)cc3)c3ccc4c(c3)C(C)(C)c3ccccc3-4)cc21. The molecule has 310 valence electrons. The zero-order chi connectivity index (χ0) is 43.6. The van der Waals surface area contributed by atoms with Crippen LogP contribution in [0.5, 0.6) is 0 Å². The maximum atomic E-state index is 2.46. The molecule has 2 aliphatic carbocycles. The van der Waals surface area contributed by atoms with Crippen LogP contribution in [0, 0.1) is 0 Å². The van der Waals surface area contributed by atoms with Crippen LogP contribution < -0.4 is 4.90 Å². The maximum absolute atomic E-state index is 2.46. The molecular formula is C62H47N3. The van der Waals surface area contributed by atoms with E-state index >= 15 is 0 Å². The molecule has 0 amide bonds. The van der Waals surface area contributed by atoms with Crippen molar-refractivity contribution in [1.82, 2.24) is 9.13 Å². The summed E-state index contributed by atoms with van der Waals surface area (Å²) in [7, 11) is 0. The number of anilines is 3. The van der Waals surface area contributed by atoms with Gasteiger partial charge in [-0.2, -0.15) is 0 Å². The molecule has 0 atom stereocenters. The van der Waals surface area contributed by atoms with Crippen molar-refractivity contribution in [2.75, 3.05) is 4.90 Å². The highest BCUT2D eigenvalue weighted by molar-refractivity contribution is 6.18. The van der Waals surface area contributed by atoms with E-state index in [0.717, 1.165) is 28.4 Å². The molecule has 0 saturated carbocycles. The zero-order valence-electron chi connectivity index (χ0n) is 37.0. The smallest absolute Gasteiger partial charge is 0.0788 e. The van der Waals surface area contributed by atoms with Crippen molar-refractivity contribution in [3.05, 3.63) is 235 Å². The van der Waals surface area contributed by atoms with Gasteiger partial charge in [-0.15, -0.1) is 0 Å². The van der Waals surface area contributed by atoms with E-state index in [1.54, 1.807) is 0 Å². The van der Waals surface area contributed by atoms with Gasteiger partial charge < -0.3 is 14.0 Å². The second kappa shape index (κ2) is 13.8. The van der Waals surface area contributed by atoms with Gasteiger partial charge in [0, 0.05) is 61.6 Å². The van der Waals surface area contributed by atoms with E-state index < -0.39 is 0 Å². The first kappa shape index (κ1) is 37.7. The molecule has 0 unspecified atom stereocenters. The van der Waals surface area contributed by atoms with Gasteiger partial charge in [0.2, 0.25) is 0 Å². The van der Waals surface area contributed by atoms with E-state index in [9.17, 15) is 0 Å². The summed E-state index contributed by atoms with van der Waals surface area (Å²) in [5.41, 5.74) is 22.3. The zero-order valence-corrected chi connectivity index (χ0v) is 37.0. The van der Waals surface area contributed by atoms with Crippen molar-refractivity contribution in [3.63, 3.8) is 0 Å². The Bertz CT molecular complexity index is 3590. The van der Waals surface area contributed by atoms with E-state index in [2.05, 4.69) is 254 Å². The summed E-state index contributed by atoms with van der Waals surface area (Å²) in [5, 5.41) is 3.69. The van der Waals surface area contributed by atoms with Crippen LogP contribution in [0.3, 0.4) is 0 Å². The minimum atomic E-state index is -0.113. The lowest BCUT2D eigenvalue weighted by Gasteiger charge is -2.30. The predicted octanol–water partition coefficient (Wildman–Crippen LogP) is 16.5. The van der Waals surface area contributed by atoms with Crippen LogP contribution in [0.2, 0.25) is 0 Å². The third-order valence-electron chi connectivity index (χ3n) is 14.7. The molecule has 2 aromatic heterocycles. The molecule has 13 rings (SSSR count). The molecule has 0 N–H and O–H groups in total. The first-order chi connectivity index (χ1) is 31.8. The van der Waals surface area contributed by atoms with Crippen LogP contribution in [0.15, 0.2) is 212 Å². The van der Waals surface area contributed by atoms with E-state index in [1.807, 2.05) is 0 Å². The second-order valence-corrected chi connectivity index (χ2v) is 19.0. The lowest BCUT2D eigenvalue weighted by Crippen LogP contribution is -2.18. The average Bonchev–Trinajstić information content (AvgIpc) is 4.06. The lowest BCUT2D eigenvalue weighted by molar-refractivity contribution is 0.660. The molecule has 9 aromatic carbocycles. The lowest BCUT2D eigenvalue weighted by atomic mass is 9.82. The van der Waals surface area contributed by atoms with Gasteiger partial charge in [-0.3, -0.25) is 0 Å². The number of aromatic nitrogens is 2. The van der Waals surface area contributed by atoms with Crippen LogP contribution in [-0.2, 0) is 10.8 Å². The molecule has 3 heteroatoms. The standard InChI is InChI=1S/C62H47N3/c1-61(2)54-21-13-11-19-48(54)50-32-29-46(38-56(50)61)64(47-30-33-51-49-20-12-14-22-55(49)62(3,4)57(51)39-47)45-27-23-40(24-28-45)42-26-34-58-53(37-42)52-31-25-41-35-36-63(43-15-7-5-8-16-43)59(41)60(52)65(58)44-17-9-6-10-18-44/h5-39H,1-4H3. The van der Waals surface area contributed by atoms with Crippen LogP contribution in [-0.4, -0.2) is 9.13 Å². The van der Waals surface area contributed by atoms with Crippen molar-refractivity contribution in [2.45, 2.75) is 38.5 Å². The number of fused-ring (bicyclic) bond motifs is 11. The van der Waals surface area contributed by atoms with Gasteiger partial charge in [-0.25, -0.2) is 0 Å². The number of para-hydroxylation sites is 2. The number of nitrogens with zero attached hydrogens (tertiary/aromatic N) is 3. The van der Waals surface area contributed by atoms with Crippen molar-refractivity contribution in [1.29, 1.82) is 0 Å². The maximum Gasteiger partial charge on any atom is 0.0788 e. The molecule has 11 aromatic rings. The van der Waals surface area contributed by atoms with Crippen molar-refractivity contribution < 1.29 is 0 Å². The van der Waals surface area contributed by atoms with Gasteiger partial charge >= 0.3 is 0 Å². The number of benzene rings is 9. The molecule has 65 heavy (non-hydrogen) atoms. The van der Waals surface area contributed by atoms with Gasteiger partial charge in [0.15, 0.2) is 0 Å². The van der Waals surface area contributed by atoms with Crippen LogP contribution >= 0.6 is 0 Å². The first-order valence-electron chi connectivity index (χ1n) is 22.8. The van der Waals surface area contributed by atoms with Gasteiger partial charge in [0.05, 0.1) is 16.6 Å². The average molecular weight is 834 g/mol. The van der Waals surface area contributed by atoms with E-state index in [1.165, 1.54) is 88.3 Å². The molecule has 0 saturated heterocycles. The number of hydrogen-bond acceptors (Lipinski definition) is 1. The molecular weight excluding hydrogens is 787 g/mol. The van der Waals surface area contributed by atoms with Gasteiger partial charge in [-0.05, 0) is 134 Å². The largest absolute Gasteiger partial charge is 0.315 e. The normalized spacial score (nSPS) is 14.1. The summed E-state index contributed by atoms with van der Waals surface area (Å²) < 4.78 is 4.78. The number of hydrogen-bond donors (Lipinski definition) is 0. The Morgan fingerprint density at radius 3 is 1.51 bits per heavy atom. The van der Waals surface area contributed by atoms with Gasteiger partial charge in [-0.1, -0.05) is 155 Å². The Kier molecular flexibility index (Phi) is 8.00. The molecule has 0 aliphatic heterocycles. The third kappa shape index (κ3) is 5.48. The molecule has 3 nitrogen and oxygen atoms in total. The minimum absolute atomic E-state index is 0.113. The monoisotopic (exact) mass is 833 g/mol. The highest BCUT2D eigenvalue weighted by Gasteiger charge is 2.37. The van der Waals surface area contributed by atoms with E-state index in [-0.39, 0.29) is 10.8 Å². The molecule has 0 fully saturated rings. The quantitative estimate of drug-likeness (QED) is 0.163. The summed E-state index contributed by atoms with van der Waals surface area (Å²) in [6.45, 7) is 9.47. The van der Waals surface area contributed by atoms with Crippen molar-refractivity contribution in [3.8, 4) is 44.8 Å². The summed E-state index contributed by atoms with van der Waals surface area (Å²) in [5.74, 6) is 0. The molecule has 0 radical (unpaired) electrons. The topological polar surface area (TPSA) is 13.1 Å². The van der Waals surface area contributed by atoms with E-state index in [4.69, 9.17) is 0 Å². The third-order valence-corrected chi connectivity index (χ3v) is 14.7. The summed E-state index contributed by atoms with van der Waals surface area (Å²) in [4.78, 5) is 2.46. The Hall–Kier alpha value is -7.88. The molecule has 2 heterocycles. The number of rotatable bonds is 6. The molecule has 0 bridgehead atoms. The van der Waals surface area contributed by atoms with Gasteiger partial charge in [0.25, 0.3) is 0 Å². The second-order valence-electron chi connectivity index (χ2n) is 19.0. The molecule has 2 aliphatic rings. The Morgan fingerprint density at radius 1 is 0.369 bits per heavy atom. The summed E-state index contributed by atoms with van der Waals surface area (Å²) in [6.07, 6.45) is 2.20. The predicted molar refractivity (Wildman–Crippen MR) is 273 cm³/mol.